The van der Waals surface area contributed by atoms with Crippen LogP contribution in [0.15, 0.2) is 66.8 Å². The number of hydrogen-bond acceptors (Lipinski definition) is 9. The summed E-state index contributed by atoms with van der Waals surface area (Å²) in [5, 5.41) is 4.32. The molecule has 0 saturated carbocycles. The third-order valence-electron chi connectivity index (χ3n) is 7.06. The van der Waals surface area contributed by atoms with Gasteiger partial charge in [-0.2, -0.15) is 0 Å². The largest absolute Gasteiger partial charge is 0.379 e. The number of allylic oxidation sites excluding steroid dienone is 2. The standard InChI is InChI=1S/C31H37ClN6O3S/c1-23(32)19-24(8-6-16-41-21-25-7-2-3-11-33-25)36-30-29-26-9-4-13-38(20-27(26)42-31(29)35-22-34-30)28(39)10-5-12-37-14-17-40-18-15-37/h2-3,5-8,10-11,19,22-23H,4,9,12-18,20-21H2,1H3,(H,34,35,36)/b8-6-,10-5+,24-19+. The normalized spacial score (nSPS) is 17.6. The lowest BCUT2D eigenvalue weighted by atomic mass is 10.1. The highest BCUT2D eigenvalue weighted by Crippen LogP contribution is 2.37. The van der Waals surface area contributed by atoms with E-state index in [1.807, 2.05) is 54.3 Å². The summed E-state index contributed by atoms with van der Waals surface area (Å²) < 4.78 is 11.2. The molecule has 5 heterocycles. The maximum absolute atomic E-state index is 13.1. The van der Waals surface area contributed by atoms with Crippen molar-refractivity contribution in [2.75, 3.05) is 51.3 Å². The highest BCUT2D eigenvalue weighted by molar-refractivity contribution is 7.19. The molecule has 0 bridgehead atoms. The molecule has 1 unspecified atom stereocenters. The van der Waals surface area contributed by atoms with Crippen LogP contribution in [0.4, 0.5) is 5.82 Å². The van der Waals surface area contributed by atoms with Gasteiger partial charge in [0.05, 0.1) is 49.4 Å². The molecule has 3 aromatic heterocycles. The highest BCUT2D eigenvalue weighted by atomic mass is 35.5. The summed E-state index contributed by atoms with van der Waals surface area (Å²) in [6.45, 7) is 8.17. The fraction of sp³-hybridized carbons (Fsp3) is 0.419. The lowest BCUT2D eigenvalue weighted by molar-refractivity contribution is -0.126. The number of thiophene rings is 1. The number of morpholine rings is 1. The average molecular weight is 609 g/mol. The summed E-state index contributed by atoms with van der Waals surface area (Å²) in [6, 6.07) is 5.77. The van der Waals surface area contributed by atoms with E-state index < -0.39 is 0 Å². The molecule has 1 atom stereocenters. The van der Waals surface area contributed by atoms with E-state index in [0.717, 1.165) is 84.5 Å². The zero-order chi connectivity index (χ0) is 29.1. The number of halogens is 1. The number of nitrogens with one attached hydrogen (secondary N) is 1. The average Bonchev–Trinajstić information content (AvgIpc) is 3.21. The van der Waals surface area contributed by atoms with E-state index in [0.29, 0.717) is 19.8 Å². The van der Waals surface area contributed by atoms with Crippen LogP contribution in [0.5, 0.6) is 0 Å². The molecule has 1 amide bonds. The van der Waals surface area contributed by atoms with E-state index in [-0.39, 0.29) is 11.3 Å². The molecule has 0 spiro atoms. The summed E-state index contributed by atoms with van der Waals surface area (Å²) in [5.74, 6) is 0.792. The maximum atomic E-state index is 13.1. The van der Waals surface area contributed by atoms with Gasteiger partial charge in [0.2, 0.25) is 5.91 Å². The number of amides is 1. The first-order valence-electron chi connectivity index (χ1n) is 14.3. The predicted octanol–water partition coefficient (Wildman–Crippen LogP) is 4.95. The Balaban J connectivity index is 1.26. The van der Waals surface area contributed by atoms with Crippen LogP contribution < -0.4 is 5.32 Å². The van der Waals surface area contributed by atoms with E-state index in [2.05, 4.69) is 25.2 Å². The smallest absolute Gasteiger partial charge is 0.246 e. The molecule has 0 aromatic carbocycles. The molecule has 11 heteroatoms. The van der Waals surface area contributed by atoms with Crippen molar-refractivity contribution in [3.05, 3.63) is 82.9 Å². The van der Waals surface area contributed by atoms with E-state index in [9.17, 15) is 4.79 Å². The minimum Gasteiger partial charge on any atom is -0.379 e. The second-order valence-electron chi connectivity index (χ2n) is 10.2. The molecule has 222 valence electrons. The Kier molecular flexibility index (Phi) is 11.1. The van der Waals surface area contributed by atoms with Crippen molar-refractivity contribution in [1.29, 1.82) is 0 Å². The molecule has 0 aliphatic carbocycles. The molecule has 9 nitrogen and oxygen atoms in total. The summed E-state index contributed by atoms with van der Waals surface area (Å²) >= 11 is 7.98. The number of rotatable bonds is 11. The molecule has 2 aliphatic heterocycles. The number of carbonyl (C=O) groups is 1. The van der Waals surface area contributed by atoms with Crippen LogP contribution in [-0.2, 0) is 33.8 Å². The third kappa shape index (κ3) is 8.45. The fourth-order valence-corrected chi connectivity index (χ4v) is 6.35. The SMILES string of the molecule is CC(Cl)/C=C(\C=C/COCc1ccccn1)Nc1ncnc2sc3c(c12)CCCN(C(=O)/C=C/CN1CCOCC1)C3. The summed E-state index contributed by atoms with van der Waals surface area (Å²) in [6.07, 6.45) is 14.6. The first-order valence-corrected chi connectivity index (χ1v) is 15.6. The summed E-state index contributed by atoms with van der Waals surface area (Å²) in [7, 11) is 0. The lowest BCUT2D eigenvalue weighted by Crippen LogP contribution is -2.36. The van der Waals surface area contributed by atoms with Gasteiger partial charge in [-0.15, -0.1) is 22.9 Å². The van der Waals surface area contributed by atoms with Gasteiger partial charge in [0, 0.05) is 49.0 Å². The third-order valence-corrected chi connectivity index (χ3v) is 8.31. The molecule has 2 aliphatic rings. The number of carbonyl (C=O) groups excluding carboxylic acids is 1. The Morgan fingerprint density at radius 3 is 2.88 bits per heavy atom. The number of alkyl halides is 1. The number of anilines is 1. The van der Waals surface area contributed by atoms with E-state index in [4.69, 9.17) is 21.1 Å². The second-order valence-corrected chi connectivity index (χ2v) is 12.0. The van der Waals surface area contributed by atoms with Crippen molar-refractivity contribution in [2.24, 2.45) is 0 Å². The highest BCUT2D eigenvalue weighted by Gasteiger charge is 2.24. The number of aromatic nitrogens is 3. The quantitative estimate of drug-likeness (QED) is 0.142. The Hall–Kier alpha value is -3.15. The van der Waals surface area contributed by atoms with E-state index >= 15 is 0 Å². The van der Waals surface area contributed by atoms with Crippen LogP contribution in [0, 0.1) is 0 Å². The Bertz CT molecular complexity index is 1420. The molecule has 1 fully saturated rings. The maximum Gasteiger partial charge on any atom is 0.246 e. The Morgan fingerprint density at radius 1 is 1.19 bits per heavy atom. The number of fused-ring (bicyclic) bond motifs is 3. The summed E-state index contributed by atoms with van der Waals surface area (Å²) in [5.41, 5.74) is 2.93. The second kappa shape index (κ2) is 15.4. The predicted molar refractivity (Wildman–Crippen MR) is 168 cm³/mol. The lowest BCUT2D eigenvalue weighted by Gasteiger charge is -2.25. The van der Waals surface area contributed by atoms with Gasteiger partial charge in [-0.3, -0.25) is 14.7 Å². The molecular weight excluding hydrogens is 572 g/mol. The van der Waals surface area contributed by atoms with Gasteiger partial charge >= 0.3 is 0 Å². The number of nitrogens with zero attached hydrogens (tertiary/aromatic N) is 5. The van der Waals surface area contributed by atoms with E-state index in [1.54, 1.807) is 29.9 Å². The zero-order valence-electron chi connectivity index (χ0n) is 23.9. The molecule has 5 rings (SSSR count). The number of pyridine rings is 1. The molecule has 42 heavy (non-hydrogen) atoms. The van der Waals surface area contributed by atoms with Crippen LogP contribution in [-0.4, -0.2) is 82.0 Å². The molecule has 3 aromatic rings. The van der Waals surface area contributed by atoms with Crippen molar-refractivity contribution in [3.8, 4) is 0 Å². The first kappa shape index (κ1) is 30.3. The van der Waals surface area contributed by atoms with Gasteiger partial charge in [-0.05, 0) is 49.6 Å². The van der Waals surface area contributed by atoms with Crippen LogP contribution in [0.25, 0.3) is 10.2 Å². The van der Waals surface area contributed by atoms with Crippen LogP contribution in [0.2, 0.25) is 0 Å². The van der Waals surface area contributed by atoms with Crippen molar-refractivity contribution >= 4 is 44.9 Å². The monoisotopic (exact) mass is 608 g/mol. The van der Waals surface area contributed by atoms with Crippen molar-refractivity contribution in [2.45, 2.75) is 38.3 Å². The minimum atomic E-state index is -0.181. The molecule has 1 saturated heterocycles. The Morgan fingerprint density at radius 2 is 2.07 bits per heavy atom. The van der Waals surface area contributed by atoms with Gasteiger partial charge < -0.3 is 19.7 Å². The van der Waals surface area contributed by atoms with E-state index in [1.165, 1.54) is 5.56 Å². The molecule has 0 radical (unpaired) electrons. The van der Waals surface area contributed by atoms with Crippen LogP contribution in [0.3, 0.4) is 0 Å². The Labute approximate surface area is 255 Å². The van der Waals surface area contributed by atoms with Crippen LogP contribution >= 0.6 is 22.9 Å². The van der Waals surface area contributed by atoms with Gasteiger partial charge in [0.1, 0.15) is 17.0 Å². The number of ether oxygens (including phenoxy) is 2. The topological polar surface area (TPSA) is 92.7 Å². The minimum absolute atomic E-state index is 0.0507. The molecule has 1 N–H and O–H groups in total. The van der Waals surface area contributed by atoms with Crippen molar-refractivity contribution in [3.63, 3.8) is 0 Å². The van der Waals surface area contributed by atoms with Gasteiger partial charge in [0.25, 0.3) is 0 Å². The first-order chi connectivity index (χ1) is 20.6. The summed E-state index contributed by atoms with van der Waals surface area (Å²) in [4.78, 5) is 32.9. The zero-order valence-corrected chi connectivity index (χ0v) is 25.4. The van der Waals surface area contributed by atoms with Gasteiger partial charge in [-0.1, -0.05) is 18.2 Å². The van der Waals surface area contributed by atoms with Crippen molar-refractivity contribution < 1.29 is 14.3 Å². The van der Waals surface area contributed by atoms with Crippen molar-refractivity contribution in [1.82, 2.24) is 24.8 Å². The fourth-order valence-electron chi connectivity index (χ4n) is 5.02. The van der Waals surface area contributed by atoms with Gasteiger partial charge in [-0.25, -0.2) is 9.97 Å². The number of aryl methyl sites for hydroxylation is 1. The number of hydrogen-bond donors (Lipinski definition) is 1. The van der Waals surface area contributed by atoms with Crippen LogP contribution in [0.1, 0.15) is 29.5 Å². The molecular formula is C31H37ClN6O3S. The van der Waals surface area contributed by atoms with Gasteiger partial charge in [0.15, 0.2) is 0 Å².